The monoisotopic (exact) mass is 323 g/mol. The first-order valence-electron chi connectivity index (χ1n) is 6.41. The molecule has 0 aliphatic carbocycles. The smallest absolute Gasteiger partial charge is 0.230 e. The molecule has 0 bridgehead atoms. The van der Waals surface area contributed by atoms with Gasteiger partial charge in [0.25, 0.3) is 0 Å². The molecule has 1 aliphatic rings. The van der Waals surface area contributed by atoms with Crippen LogP contribution in [0.15, 0.2) is 28.7 Å². The number of carbonyl (C=O) groups excluding carboxylic acids is 2. The quantitative estimate of drug-likeness (QED) is 0.742. The molecule has 1 saturated heterocycles. The fourth-order valence-corrected chi connectivity index (χ4v) is 3.20. The third kappa shape index (κ3) is 2.89. The van der Waals surface area contributed by atoms with Crippen LogP contribution in [0.25, 0.3) is 0 Å². The largest absolute Gasteiger partial charge is 0.277 e. The molecule has 0 N–H and O–H groups in total. The molecule has 3 nitrogen and oxygen atoms in total. The van der Waals surface area contributed by atoms with Gasteiger partial charge in [-0.1, -0.05) is 34.1 Å². The lowest BCUT2D eigenvalue weighted by atomic mass is 9.86. The summed E-state index contributed by atoms with van der Waals surface area (Å²) in [6.45, 7) is 5.67. The van der Waals surface area contributed by atoms with E-state index in [0.29, 0.717) is 12.8 Å². The van der Waals surface area contributed by atoms with Gasteiger partial charge in [0.15, 0.2) is 0 Å². The van der Waals surface area contributed by atoms with Gasteiger partial charge in [-0.25, -0.2) is 0 Å². The zero-order valence-corrected chi connectivity index (χ0v) is 13.0. The number of benzene rings is 1. The second-order valence-electron chi connectivity index (χ2n) is 5.92. The highest BCUT2D eigenvalue weighted by atomic mass is 79.9. The van der Waals surface area contributed by atoms with E-state index in [4.69, 9.17) is 0 Å². The molecule has 0 radical (unpaired) electrons. The molecule has 2 amide bonds. The molecule has 1 aromatic rings. The van der Waals surface area contributed by atoms with E-state index in [0.717, 1.165) is 10.0 Å². The molecule has 2 rings (SSSR count). The number of hydrogen-bond acceptors (Lipinski definition) is 2. The number of nitrogens with zero attached hydrogens (tertiary/aromatic N) is 1. The molecule has 1 aromatic carbocycles. The Morgan fingerprint density at radius 2 is 1.63 bits per heavy atom. The van der Waals surface area contributed by atoms with E-state index >= 15 is 0 Å². The summed E-state index contributed by atoms with van der Waals surface area (Å²) >= 11 is 3.49. The topological polar surface area (TPSA) is 37.4 Å². The maximum Gasteiger partial charge on any atom is 0.230 e. The Hall–Kier alpha value is -1.16. The summed E-state index contributed by atoms with van der Waals surface area (Å²) in [5.74, 6) is -0.178. The Labute approximate surface area is 122 Å². The van der Waals surface area contributed by atoms with Gasteiger partial charge in [0.05, 0.1) is 0 Å². The van der Waals surface area contributed by atoms with Crippen molar-refractivity contribution in [1.82, 2.24) is 4.90 Å². The second kappa shape index (κ2) is 5.08. The number of rotatable bonds is 1. The number of piperidine rings is 1. The SMILES string of the molecule is CC(C)(C)N1C(=O)CC(c2ccccc2Br)CC1=O. The Bertz CT molecular complexity index is 501. The highest BCUT2D eigenvalue weighted by Crippen LogP contribution is 2.35. The number of likely N-dealkylation sites (tertiary alicyclic amines) is 1. The average Bonchev–Trinajstić information content (AvgIpc) is 2.26. The number of carbonyl (C=O) groups is 2. The summed E-state index contributed by atoms with van der Waals surface area (Å²) in [4.78, 5) is 25.9. The zero-order valence-electron chi connectivity index (χ0n) is 11.4. The van der Waals surface area contributed by atoms with Crippen molar-refractivity contribution in [3.05, 3.63) is 34.3 Å². The van der Waals surface area contributed by atoms with E-state index in [1.54, 1.807) is 0 Å². The van der Waals surface area contributed by atoms with Crippen molar-refractivity contribution in [3.63, 3.8) is 0 Å². The van der Waals surface area contributed by atoms with Crippen molar-refractivity contribution in [2.45, 2.75) is 45.1 Å². The predicted molar refractivity (Wildman–Crippen MR) is 77.7 cm³/mol. The van der Waals surface area contributed by atoms with E-state index in [2.05, 4.69) is 15.9 Å². The fraction of sp³-hybridized carbons (Fsp3) is 0.467. The summed E-state index contributed by atoms with van der Waals surface area (Å²) in [5.41, 5.74) is 0.602. The average molecular weight is 324 g/mol. The van der Waals surface area contributed by atoms with E-state index in [9.17, 15) is 9.59 Å². The van der Waals surface area contributed by atoms with Gasteiger partial charge in [-0.2, -0.15) is 0 Å². The Morgan fingerprint density at radius 3 is 2.11 bits per heavy atom. The van der Waals surface area contributed by atoms with Gasteiger partial charge in [-0.15, -0.1) is 0 Å². The van der Waals surface area contributed by atoms with Crippen LogP contribution in [0.4, 0.5) is 0 Å². The van der Waals surface area contributed by atoms with Crippen molar-refractivity contribution >= 4 is 27.7 Å². The minimum atomic E-state index is -0.437. The van der Waals surface area contributed by atoms with Crippen LogP contribution in [-0.4, -0.2) is 22.3 Å². The number of amides is 2. The van der Waals surface area contributed by atoms with Gasteiger partial charge in [-0.3, -0.25) is 14.5 Å². The van der Waals surface area contributed by atoms with Crippen molar-refractivity contribution in [2.75, 3.05) is 0 Å². The predicted octanol–water partition coefficient (Wildman–Crippen LogP) is 3.48. The first-order valence-corrected chi connectivity index (χ1v) is 7.20. The van der Waals surface area contributed by atoms with Gasteiger partial charge < -0.3 is 0 Å². The van der Waals surface area contributed by atoms with E-state index in [-0.39, 0.29) is 17.7 Å². The molecule has 19 heavy (non-hydrogen) atoms. The van der Waals surface area contributed by atoms with Gasteiger partial charge in [0.2, 0.25) is 11.8 Å². The van der Waals surface area contributed by atoms with E-state index in [1.807, 2.05) is 45.0 Å². The van der Waals surface area contributed by atoms with Crippen molar-refractivity contribution in [2.24, 2.45) is 0 Å². The molecule has 0 spiro atoms. The molecule has 1 aliphatic heterocycles. The van der Waals surface area contributed by atoms with Gasteiger partial charge in [0, 0.05) is 28.8 Å². The highest BCUT2D eigenvalue weighted by molar-refractivity contribution is 9.10. The van der Waals surface area contributed by atoms with E-state index in [1.165, 1.54) is 4.90 Å². The summed E-state index contributed by atoms with van der Waals surface area (Å²) in [7, 11) is 0. The molecule has 102 valence electrons. The van der Waals surface area contributed by atoms with Crippen LogP contribution in [0, 0.1) is 0 Å². The zero-order chi connectivity index (χ0) is 14.2. The number of imide groups is 1. The lowest BCUT2D eigenvalue weighted by molar-refractivity contribution is -0.154. The Kier molecular flexibility index (Phi) is 3.81. The molecule has 0 unspecified atom stereocenters. The van der Waals surface area contributed by atoms with Crippen molar-refractivity contribution in [3.8, 4) is 0 Å². The maximum atomic E-state index is 12.2. The van der Waals surface area contributed by atoms with Crippen molar-refractivity contribution < 1.29 is 9.59 Å². The molecular formula is C15H18BrNO2. The summed E-state index contributed by atoms with van der Waals surface area (Å²) in [6, 6.07) is 7.79. The van der Waals surface area contributed by atoms with Gasteiger partial charge >= 0.3 is 0 Å². The normalized spacial score (nSPS) is 18.0. The highest BCUT2D eigenvalue weighted by Gasteiger charge is 2.39. The number of halogens is 1. The van der Waals surface area contributed by atoms with Crippen LogP contribution in [0.1, 0.15) is 45.1 Å². The van der Waals surface area contributed by atoms with Crippen LogP contribution in [0.5, 0.6) is 0 Å². The Morgan fingerprint density at radius 1 is 1.11 bits per heavy atom. The summed E-state index contributed by atoms with van der Waals surface area (Å²) in [6.07, 6.45) is 0.789. The van der Waals surface area contributed by atoms with E-state index < -0.39 is 5.54 Å². The molecule has 0 atom stereocenters. The molecule has 4 heteroatoms. The second-order valence-corrected chi connectivity index (χ2v) is 6.77. The molecular weight excluding hydrogens is 306 g/mol. The van der Waals surface area contributed by atoms with Gasteiger partial charge in [-0.05, 0) is 32.4 Å². The molecule has 1 fully saturated rings. The third-order valence-electron chi connectivity index (χ3n) is 3.36. The Balaban J connectivity index is 2.26. The first kappa shape index (κ1) is 14.3. The minimum Gasteiger partial charge on any atom is -0.277 e. The van der Waals surface area contributed by atoms with Crippen LogP contribution < -0.4 is 0 Å². The first-order chi connectivity index (χ1) is 8.80. The lowest BCUT2D eigenvalue weighted by Crippen LogP contribution is -2.52. The summed E-state index contributed by atoms with van der Waals surface area (Å²) in [5, 5.41) is 0. The van der Waals surface area contributed by atoms with Crippen LogP contribution in [-0.2, 0) is 9.59 Å². The van der Waals surface area contributed by atoms with Crippen molar-refractivity contribution in [1.29, 1.82) is 0 Å². The molecule has 1 heterocycles. The summed E-state index contributed by atoms with van der Waals surface area (Å²) < 4.78 is 0.963. The number of hydrogen-bond donors (Lipinski definition) is 0. The standard InChI is InChI=1S/C15H18BrNO2/c1-15(2,3)17-13(18)8-10(9-14(17)19)11-6-4-5-7-12(11)16/h4-7,10H,8-9H2,1-3H3. The van der Waals surface area contributed by atoms with Gasteiger partial charge in [0.1, 0.15) is 0 Å². The minimum absolute atomic E-state index is 0.0193. The third-order valence-corrected chi connectivity index (χ3v) is 4.08. The van der Waals surface area contributed by atoms with Crippen LogP contribution in [0.2, 0.25) is 0 Å². The lowest BCUT2D eigenvalue weighted by Gasteiger charge is -2.39. The van der Waals surface area contributed by atoms with Crippen LogP contribution >= 0.6 is 15.9 Å². The fourth-order valence-electron chi connectivity index (χ4n) is 2.59. The molecule has 0 aromatic heterocycles. The van der Waals surface area contributed by atoms with Crippen LogP contribution in [0.3, 0.4) is 0 Å². The molecule has 0 saturated carbocycles. The maximum absolute atomic E-state index is 12.2.